The first-order valence-electron chi connectivity index (χ1n) is 8.80. The summed E-state index contributed by atoms with van der Waals surface area (Å²) in [6.07, 6.45) is 2.19. The van der Waals surface area contributed by atoms with Gasteiger partial charge < -0.3 is 15.0 Å². The van der Waals surface area contributed by atoms with E-state index in [-0.39, 0.29) is 0 Å². The molecule has 130 valence electrons. The summed E-state index contributed by atoms with van der Waals surface area (Å²) in [5, 5.41) is 3.34. The molecule has 0 radical (unpaired) electrons. The summed E-state index contributed by atoms with van der Waals surface area (Å²) in [6.45, 7) is 13.8. The van der Waals surface area contributed by atoms with Gasteiger partial charge in [0.2, 0.25) is 0 Å². The van der Waals surface area contributed by atoms with Crippen molar-refractivity contribution in [1.29, 1.82) is 0 Å². The second kappa shape index (κ2) is 11.4. The second-order valence-electron chi connectivity index (χ2n) is 6.19. The van der Waals surface area contributed by atoms with E-state index >= 15 is 0 Å². The molecule has 1 rings (SSSR count). The van der Waals surface area contributed by atoms with Crippen LogP contribution in [0.3, 0.4) is 0 Å². The zero-order valence-corrected chi connectivity index (χ0v) is 15.9. The van der Waals surface area contributed by atoms with E-state index in [1.807, 2.05) is 24.3 Å². The normalized spacial score (nSPS) is 11.0. The van der Waals surface area contributed by atoms with Gasteiger partial charge in [-0.1, -0.05) is 39.9 Å². The Balaban J connectivity index is 2.30. The molecule has 0 spiro atoms. The lowest BCUT2D eigenvalue weighted by Crippen LogP contribution is -2.29. The van der Waals surface area contributed by atoms with Crippen LogP contribution >= 0.6 is 12.2 Å². The molecule has 1 aromatic rings. The second-order valence-corrected chi connectivity index (χ2v) is 6.60. The molecule has 3 nitrogen and oxygen atoms in total. The van der Waals surface area contributed by atoms with Crippen molar-refractivity contribution in [1.82, 2.24) is 10.2 Å². The van der Waals surface area contributed by atoms with Crippen molar-refractivity contribution in [3.8, 4) is 5.75 Å². The molecule has 0 aliphatic carbocycles. The van der Waals surface area contributed by atoms with Crippen molar-refractivity contribution in [3.63, 3.8) is 0 Å². The van der Waals surface area contributed by atoms with Gasteiger partial charge in [-0.05, 0) is 62.7 Å². The number of nitrogens with zero attached hydrogens (tertiary/aromatic N) is 1. The molecule has 0 saturated carbocycles. The largest absolute Gasteiger partial charge is 0.494 e. The van der Waals surface area contributed by atoms with Crippen LogP contribution in [-0.2, 0) is 0 Å². The zero-order chi connectivity index (χ0) is 17.1. The van der Waals surface area contributed by atoms with Crippen LogP contribution in [0.1, 0.15) is 46.1 Å². The number of rotatable bonds is 11. The van der Waals surface area contributed by atoms with Gasteiger partial charge in [-0.2, -0.15) is 0 Å². The topological polar surface area (TPSA) is 24.5 Å². The van der Waals surface area contributed by atoms with E-state index in [2.05, 4.69) is 37.9 Å². The van der Waals surface area contributed by atoms with E-state index in [1.165, 1.54) is 0 Å². The first-order chi connectivity index (χ1) is 11.1. The van der Waals surface area contributed by atoms with Crippen molar-refractivity contribution in [3.05, 3.63) is 29.8 Å². The van der Waals surface area contributed by atoms with Crippen molar-refractivity contribution in [2.45, 2.75) is 40.5 Å². The highest BCUT2D eigenvalue weighted by Crippen LogP contribution is 2.13. The lowest BCUT2D eigenvalue weighted by atomic mass is 10.1. The predicted molar refractivity (Wildman–Crippen MR) is 103 cm³/mol. The van der Waals surface area contributed by atoms with E-state index in [4.69, 9.17) is 17.0 Å². The minimum atomic E-state index is 0.669. The van der Waals surface area contributed by atoms with E-state index in [0.717, 1.165) is 61.9 Å². The molecule has 1 N–H and O–H groups in total. The maximum atomic E-state index is 5.73. The van der Waals surface area contributed by atoms with Gasteiger partial charge in [0.05, 0.1) is 6.61 Å². The molecule has 0 aromatic heterocycles. The Morgan fingerprint density at radius 2 is 1.83 bits per heavy atom. The average Bonchev–Trinajstić information content (AvgIpc) is 2.55. The summed E-state index contributed by atoms with van der Waals surface area (Å²) < 4.78 is 5.73. The van der Waals surface area contributed by atoms with Crippen molar-refractivity contribution < 1.29 is 4.74 Å². The van der Waals surface area contributed by atoms with Crippen molar-refractivity contribution >= 4 is 17.2 Å². The summed E-state index contributed by atoms with van der Waals surface area (Å²) >= 11 is 5.46. The fourth-order valence-electron chi connectivity index (χ4n) is 2.26. The van der Waals surface area contributed by atoms with Crippen LogP contribution in [0.2, 0.25) is 0 Å². The minimum absolute atomic E-state index is 0.669. The smallest absolute Gasteiger partial charge is 0.119 e. The Labute approximate surface area is 147 Å². The van der Waals surface area contributed by atoms with Gasteiger partial charge in [0.15, 0.2) is 0 Å². The number of ether oxygens (including phenoxy) is 1. The van der Waals surface area contributed by atoms with Gasteiger partial charge in [0.1, 0.15) is 10.7 Å². The SMILES string of the molecule is CCN(CC)CCCNC(=S)c1ccc(OCCC(C)C)cc1. The summed E-state index contributed by atoms with van der Waals surface area (Å²) in [5.41, 5.74) is 1.05. The molecule has 0 aliphatic rings. The third-order valence-electron chi connectivity index (χ3n) is 3.91. The molecule has 23 heavy (non-hydrogen) atoms. The summed E-state index contributed by atoms with van der Waals surface area (Å²) in [7, 11) is 0. The highest BCUT2D eigenvalue weighted by molar-refractivity contribution is 7.80. The Morgan fingerprint density at radius 3 is 2.39 bits per heavy atom. The van der Waals surface area contributed by atoms with Crippen LogP contribution in [0.4, 0.5) is 0 Å². The van der Waals surface area contributed by atoms with Crippen LogP contribution in [0.25, 0.3) is 0 Å². The van der Waals surface area contributed by atoms with Crippen LogP contribution in [0.5, 0.6) is 5.75 Å². The van der Waals surface area contributed by atoms with Crippen LogP contribution in [-0.4, -0.2) is 42.7 Å². The number of hydrogen-bond acceptors (Lipinski definition) is 3. The molecule has 0 amide bonds. The molecule has 0 heterocycles. The van der Waals surface area contributed by atoms with Crippen molar-refractivity contribution in [2.75, 3.05) is 32.8 Å². The zero-order valence-electron chi connectivity index (χ0n) is 15.1. The van der Waals surface area contributed by atoms with E-state index in [9.17, 15) is 0 Å². The lowest BCUT2D eigenvalue weighted by molar-refractivity contribution is 0.289. The van der Waals surface area contributed by atoms with E-state index < -0.39 is 0 Å². The lowest BCUT2D eigenvalue weighted by Gasteiger charge is -2.18. The predicted octanol–water partition coefficient (Wildman–Crippen LogP) is 4.11. The standard InChI is InChI=1S/C19H32N2OS/c1-5-21(6-2)14-7-13-20-19(23)17-8-10-18(11-9-17)22-15-12-16(3)4/h8-11,16H,5-7,12-15H2,1-4H3,(H,20,23). The summed E-state index contributed by atoms with van der Waals surface area (Å²) in [5.74, 6) is 1.58. The van der Waals surface area contributed by atoms with Crippen LogP contribution < -0.4 is 10.1 Å². The maximum Gasteiger partial charge on any atom is 0.119 e. The van der Waals surface area contributed by atoms with Gasteiger partial charge in [0, 0.05) is 12.1 Å². The van der Waals surface area contributed by atoms with E-state index in [1.54, 1.807) is 0 Å². The molecular formula is C19H32N2OS. The molecule has 0 saturated heterocycles. The first kappa shape index (κ1) is 19.9. The Hall–Kier alpha value is -1.13. The number of hydrogen-bond donors (Lipinski definition) is 1. The van der Waals surface area contributed by atoms with Crippen molar-refractivity contribution in [2.24, 2.45) is 5.92 Å². The average molecular weight is 337 g/mol. The molecule has 0 fully saturated rings. The third kappa shape index (κ3) is 8.33. The van der Waals surface area contributed by atoms with Gasteiger partial charge in [-0.15, -0.1) is 0 Å². The maximum absolute atomic E-state index is 5.73. The van der Waals surface area contributed by atoms with Crippen LogP contribution in [0, 0.1) is 5.92 Å². The highest BCUT2D eigenvalue weighted by atomic mass is 32.1. The van der Waals surface area contributed by atoms with Crippen LogP contribution in [0.15, 0.2) is 24.3 Å². The fraction of sp³-hybridized carbons (Fsp3) is 0.632. The number of benzene rings is 1. The molecule has 4 heteroatoms. The molecule has 0 unspecified atom stereocenters. The summed E-state index contributed by atoms with van der Waals surface area (Å²) in [4.78, 5) is 3.24. The first-order valence-corrected chi connectivity index (χ1v) is 9.21. The van der Waals surface area contributed by atoms with Gasteiger partial charge in [-0.3, -0.25) is 0 Å². The Kier molecular flexibility index (Phi) is 9.88. The highest BCUT2D eigenvalue weighted by Gasteiger charge is 2.03. The molecular weight excluding hydrogens is 304 g/mol. The molecule has 1 aromatic carbocycles. The minimum Gasteiger partial charge on any atom is -0.494 e. The summed E-state index contributed by atoms with van der Waals surface area (Å²) in [6, 6.07) is 8.06. The fourth-order valence-corrected chi connectivity index (χ4v) is 2.50. The monoisotopic (exact) mass is 336 g/mol. The Morgan fingerprint density at radius 1 is 1.17 bits per heavy atom. The molecule has 0 aliphatic heterocycles. The number of nitrogens with one attached hydrogen (secondary N) is 1. The quantitative estimate of drug-likeness (QED) is 0.485. The molecule has 0 bridgehead atoms. The molecule has 0 atom stereocenters. The van der Waals surface area contributed by atoms with Gasteiger partial charge in [0.25, 0.3) is 0 Å². The van der Waals surface area contributed by atoms with E-state index in [0.29, 0.717) is 5.92 Å². The van der Waals surface area contributed by atoms with Gasteiger partial charge >= 0.3 is 0 Å². The third-order valence-corrected chi connectivity index (χ3v) is 4.29. The Bertz CT molecular complexity index is 441. The number of thiocarbonyl (C=S) groups is 1. The van der Waals surface area contributed by atoms with Gasteiger partial charge in [-0.25, -0.2) is 0 Å².